The van der Waals surface area contributed by atoms with Crippen molar-refractivity contribution < 1.29 is 0 Å². The Labute approximate surface area is 103 Å². The molecule has 0 amide bonds. The number of hydrogen-bond donors (Lipinski definition) is 0. The average molecular weight is 242 g/mol. The van der Waals surface area contributed by atoms with Crippen molar-refractivity contribution in [2.45, 2.75) is 47.1 Å². The van der Waals surface area contributed by atoms with Gasteiger partial charge in [0, 0.05) is 24.6 Å². The molecule has 4 heteroatoms. The lowest BCUT2D eigenvalue weighted by Crippen LogP contribution is -2.32. The van der Waals surface area contributed by atoms with Gasteiger partial charge in [-0.2, -0.15) is 0 Å². The van der Waals surface area contributed by atoms with Crippen LogP contribution in [0.3, 0.4) is 0 Å². The molecule has 0 aliphatic rings. The first kappa shape index (κ1) is 13.2. The van der Waals surface area contributed by atoms with Gasteiger partial charge in [-0.15, -0.1) is 0 Å². The van der Waals surface area contributed by atoms with Crippen LogP contribution in [0.15, 0.2) is 0 Å². The molecular weight excluding hydrogens is 222 g/mol. The molecule has 0 fully saturated rings. The van der Waals surface area contributed by atoms with Crippen LogP contribution in [0.5, 0.6) is 0 Å². The summed E-state index contributed by atoms with van der Waals surface area (Å²) >= 11 is 6.13. The van der Waals surface area contributed by atoms with Crippen LogP contribution >= 0.6 is 11.6 Å². The van der Waals surface area contributed by atoms with E-state index < -0.39 is 0 Å². The van der Waals surface area contributed by atoms with Crippen molar-refractivity contribution >= 4 is 17.4 Å². The number of anilines is 1. The molecule has 16 heavy (non-hydrogen) atoms. The molecule has 0 radical (unpaired) electrons. The van der Waals surface area contributed by atoms with Crippen molar-refractivity contribution in [3.63, 3.8) is 0 Å². The summed E-state index contributed by atoms with van der Waals surface area (Å²) in [5.41, 5.74) is 0.967. The zero-order valence-electron chi connectivity index (χ0n) is 10.7. The second-order valence-corrected chi connectivity index (χ2v) is 4.47. The van der Waals surface area contributed by atoms with Gasteiger partial charge in [0.2, 0.25) is 0 Å². The summed E-state index contributed by atoms with van der Waals surface area (Å²) in [5.74, 6) is 1.78. The van der Waals surface area contributed by atoms with E-state index in [-0.39, 0.29) is 0 Å². The molecule has 0 atom stereocenters. The van der Waals surface area contributed by atoms with Gasteiger partial charge in [0.05, 0.1) is 0 Å². The Balaban J connectivity index is 3.24. The maximum atomic E-state index is 6.13. The second-order valence-electron chi connectivity index (χ2n) is 4.11. The summed E-state index contributed by atoms with van der Waals surface area (Å²) in [7, 11) is 0. The third-order valence-corrected chi connectivity index (χ3v) is 3.03. The predicted octanol–water partition coefficient (Wildman–Crippen LogP) is 3.24. The molecule has 0 saturated heterocycles. The molecule has 90 valence electrons. The lowest BCUT2D eigenvalue weighted by atomic mass is 10.2. The Morgan fingerprint density at radius 3 is 2.31 bits per heavy atom. The summed E-state index contributed by atoms with van der Waals surface area (Å²) in [5, 5.41) is 0.570. The van der Waals surface area contributed by atoms with Crippen LogP contribution in [0, 0.1) is 6.92 Å². The van der Waals surface area contributed by atoms with E-state index >= 15 is 0 Å². The topological polar surface area (TPSA) is 29.0 Å². The molecule has 1 rings (SSSR count). The molecule has 0 aromatic carbocycles. The zero-order chi connectivity index (χ0) is 12.3. The Hall–Kier alpha value is -0.830. The normalized spacial score (nSPS) is 10.9. The first-order chi connectivity index (χ1) is 7.51. The summed E-state index contributed by atoms with van der Waals surface area (Å²) in [6, 6.07) is 0.416. The summed E-state index contributed by atoms with van der Waals surface area (Å²) in [6.45, 7) is 11.4. The molecule has 0 N–H and O–H groups in total. The van der Waals surface area contributed by atoms with E-state index in [4.69, 9.17) is 11.6 Å². The highest BCUT2D eigenvalue weighted by molar-refractivity contribution is 6.30. The third kappa shape index (κ3) is 2.64. The number of aromatic nitrogens is 2. The minimum atomic E-state index is 0.416. The molecule has 0 aliphatic heterocycles. The highest BCUT2D eigenvalue weighted by atomic mass is 35.5. The van der Waals surface area contributed by atoms with Crippen LogP contribution in [0.25, 0.3) is 0 Å². The summed E-state index contributed by atoms with van der Waals surface area (Å²) in [4.78, 5) is 11.1. The quantitative estimate of drug-likeness (QED) is 0.758. The van der Waals surface area contributed by atoms with Gasteiger partial charge in [-0.1, -0.05) is 18.5 Å². The van der Waals surface area contributed by atoms with Crippen LogP contribution in [-0.2, 0) is 6.42 Å². The van der Waals surface area contributed by atoms with Crippen LogP contribution in [0.2, 0.25) is 5.15 Å². The monoisotopic (exact) mass is 241 g/mol. The number of aryl methyl sites for hydroxylation is 1. The lowest BCUT2D eigenvalue weighted by molar-refractivity contribution is 0.685. The number of rotatable bonds is 4. The van der Waals surface area contributed by atoms with E-state index in [2.05, 4.69) is 35.6 Å². The van der Waals surface area contributed by atoms with Gasteiger partial charge in [0.1, 0.15) is 16.8 Å². The Morgan fingerprint density at radius 2 is 1.88 bits per heavy atom. The van der Waals surface area contributed by atoms with Crippen LogP contribution < -0.4 is 4.90 Å². The minimum Gasteiger partial charge on any atom is -0.354 e. The van der Waals surface area contributed by atoms with Gasteiger partial charge in [-0.25, -0.2) is 9.97 Å². The molecule has 0 aliphatic carbocycles. The van der Waals surface area contributed by atoms with Gasteiger partial charge in [-0.3, -0.25) is 0 Å². The lowest BCUT2D eigenvalue weighted by Gasteiger charge is -2.28. The van der Waals surface area contributed by atoms with Crippen LogP contribution in [-0.4, -0.2) is 22.6 Å². The van der Waals surface area contributed by atoms with E-state index in [1.165, 1.54) is 0 Å². The first-order valence-corrected chi connectivity index (χ1v) is 6.18. The SMILES string of the molecule is CCc1nc(Cl)c(C)c(N(CC)C(C)C)n1. The van der Waals surface area contributed by atoms with Crippen LogP contribution in [0.4, 0.5) is 5.82 Å². The van der Waals surface area contributed by atoms with Crippen molar-refractivity contribution in [2.75, 3.05) is 11.4 Å². The fourth-order valence-corrected chi connectivity index (χ4v) is 1.90. The standard InChI is InChI=1S/C12H20ClN3/c1-6-10-14-11(13)9(5)12(15-10)16(7-2)8(3)4/h8H,6-7H2,1-5H3. The first-order valence-electron chi connectivity index (χ1n) is 5.80. The van der Waals surface area contributed by atoms with Crippen molar-refractivity contribution in [3.05, 3.63) is 16.5 Å². The van der Waals surface area contributed by atoms with E-state index in [9.17, 15) is 0 Å². The molecule has 0 spiro atoms. The maximum Gasteiger partial charge on any atom is 0.137 e. The molecule has 0 saturated carbocycles. The highest BCUT2D eigenvalue weighted by Crippen LogP contribution is 2.24. The van der Waals surface area contributed by atoms with Gasteiger partial charge in [0.25, 0.3) is 0 Å². The average Bonchev–Trinajstić information content (AvgIpc) is 2.24. The smallest absolute Gasteiger partial charge is 0.137 e. The Bertz CT molecular complexity index is 364. The number of hydrogen-bond acceptors (Lipinski definition) is 3. The molecule has 1 aromatic rings. The van der Waals surface area contributed by atoms with Crippen molar-refractivity contribution in [1.29, 1.82) is 0 Å². The second kappa shape index (κ2) is 5.48. The van der Waals surface area contributed by atoms with Crippen LogP contribution in [0.1, 0.15) is 39.1 Å². The summed E-state index contributed by atoms with van der Waals surface area (Å²) < 4.78 is 0. The summed E-state index contributed by atoms with van der Waals surface area (Å²) in [6.07, 6.45) is 0.808. The van der Waals surface area contributed by atoms with E-state index in [0.29, 0.717) is 11.2 Å². The molecular formula is C12H20ClN3. The highest BCUT2D eigenvalue weighted by Gasteiger charge is 2.16. The predicted molar refractivity (Wildman–Crippen MR) is 69.3 cm³/mol. The van der Waals surface area contributed by atoms with Gasteiger partial charge in [-0.05, 0) is 27.7 Å². The fraction of sp³-hybridized carbons (Fsp3) is 0.667. The number of nitrogens with zero attached hydrogens (tertiary/aromatic N) is 3. The molecule has 1 aromatic heterocycles. The van der Waals surface area contributed by atoms with Crippen molar-refractivity contribution in [1.82, 2.24) is 9.97 Å². The largest absolute Gasteiger partial charge is 0.354 e. The maximum absolute atomic E-state index is 6.13. The van der Waals surface area contributed by atoms with E-state index in [1.807, 2.05) is 13.8 Å². The third-order valence-electron chi connectivity index (χ3n) is 2.66. The van der Waals surface area contributed by atoms with Gasteiger partial charge < -0.3 is 4.90 Å². The van der Waals surface area contributed by atoms with Crippen molar-refractivity contribution in [3.8, 4) is 0 Å². The molecule has 1 heterocycles. The Morgan fingerprint density at radius 1 is 1.25 bits per heavy atom. The van der Waals surface area contributed by atoms with Gasteiger partial charge >= 0.3 is 0 Å². The Kier molecular flexibility index (Phi) is 4.54. The molecule has 3 nitrogen and oxygen atoms in total. The number of halogens is 1. The van der Waals surface area contributed by atoms with E-state index in [1.54, 1.807) is 0 Å². The zero-order valence-corrected chi connectivity index (χ0v) is 11.5. The van der Waals surface area contributed by atoms with E-state index in [0.717, 1.165) is 30.2 Å². The van der Waals surface area contributed by atoms with Gasteiger partial charge in [0.15, 0.2) is 0 Å². The minimum absolute atomic E-state index is 0.416. The fourth-order valence-electron chi connectivity index (χ4n) is 1.72. The molecule has 0 unspecified atom stereocenters. The molecule has 0 bridgehead atoms. The van der Waals surface area contributed by atoms with Crippen molar-refractivity contribution in [2.24, 2.45) is 0 Å².